The highest BCUT2D eigenvalue weighted by Crippen LogP contribution is 1.84. The molecule has 0 radical (unpaired) electrons. The van der Waals surface area contributed by atoms with E-state index < -0.39 is 15.7 Å². The van der Waals surface area contributed by atoms with Gasteiger partial charge in [0.1, 0.15) is 10.5 Å². The summed E-state index contributed by atoms with van der Waals surface area (Å²) in [4.78, 5) is 0. The quantitative estimate of drug-likeness (QED) is 0.160. The molecule has 5 nitrogen and oxygen atoms in total. The van der Waals surface area contributed by atoms with Crippen LogP contribution in [-0.2, 0) is 10.5 Å². The second kappa shape index (κ2) is 1.57. The first-order chi connectivity index (χ1) is 2.94. The Kier molecular flexibility index (Phi) is 1.46. The average molecular weight is 126 g/mol. The fourth-order valence-corrected chi connectivity index (χ4v) is 0. The van der Waals surface area contributed by atoms with Gasteiger partial charge in [0.15, 0.2) is 0 Å². The van der Waals surface area contributed by atoms with Gasteiger partial charge in [-0.2, -0.15) is 0 Å². The lowest BCUT2D eigenvalue weighted by Crippen LogP contribution is -2.28. The summed E-state index contributed by atoms with van der Waals surface area (Å²) in [7, 11) is -4.38. The van der Waals surface area contributed by atoms with E-state index in [1.165, 1.54) is 0 Å². The summed E-state index contributed by atoms with van der Waals surface area (Å²) in [5, 5.41) is 5.07. The Bertz CT molecular complexity index is 125. The van der Waals surface area contributed by atoms with Crippen LogP contribution in [0.4, 0.5) is 0 Å². The van der Waals surface area contributed by atoms with Crippen molar-refractivity contribution in [2.24, 2.45) is 5.73 Å². The molecule has 0 saturated carbocycles. The summed E-state index contributed by atoms with van der Waals surface area (Å²) in [5.74, 6) is 0. The van der Waals surface area contributed by atoms with Crippen molar-refractivity contribution in [3.63, 3.8) is 0 Å². The molecule has 0 aliphatic carbocycles. The SMILES string of the molecule is N=C(N)[SH](=O)(O)O. The van der Waals surface area contributed by atoms with Crippen molar-refractivity contribution < 1.29 is 13.3 Å². The zero-order valence-electron chi connectivity index (χ0n) is 3.33. The minimum atomic E-state index is -4.38. The summed E-state index contributed by atoms with van der Waals surface area (Å²) < 4.78 is 25.4. The third kappa shape index (κ3) is 2.26. The molecule has 6 heteroatoms. The zero-order chi connectivity index (χ0) is 6.08. The smallest absolute Gasteiger partial charge is 0.204 e. The van der Waals surface area contributed by atoms with Crippen LogP contribution in [0.1, 0.15) is 0 Å². The van der Waals surface area contributed by atoms with Crippen LogP contribution in [0.2, 0.25) is 0 Å². The summed E-state index contributed by atoms with van der Waals surface area (Å²) in [6.45, 7) is 0. The van der Waals surface area contributed by atoms with Crippen molar-refractivity contribution in [2.45, 2.75) is 0 Å². The van der Waals surface area contributed by atoms with E-state index in [0.717, 1.165) is 0 Å². The van der Waals surface area contributed by atoms with Crippen LogP contribution in [-0.4, -0.2) is 18.5 Å². The molecule has 0 atom stereocenters. The van der Waals surface area contributed by atoms with Crippen molar-refractivity contribution in [2.75, 3.05) is 0 Å². The molecule has 0 saturated heterocycles. The summed E-state index contributed by atoms with van der Waals surface area (Å²) in [5.41, 5.74) is 4.39. The number of rotatable bonds is 0. The topological polar surface area (TPSA) is 107 Å². The molecule has 0 heterocycles. The van der Waals surface area contributed by atoms with Crippen LogP contribution in [0.25, 0.3) is 0 Å². The maximum atomic E-state index is 9.68. The van der Waals surface area contributed by atoms with Crippen LogP contribution in [0.3, 0.4) is 0 Å². The van der Waals surface area contributed by atoms with Crippen molar-refractivity contribution in [3.05, 3.63) is 0 Å². The molecule has 0 aliphatic heterocycles. The fraction of sp³-hybridized carbons (Fsp3) is 0. The Morgan fingerprint density at radius 2 is 1.86 bits per heavy atom. The molecule has 5 N–H and O–H groups in total. The molecular formula is CH6N2O3S. The molecule has 0 rings (SSSR count). The van der Waals surface area contributed by atoms with E-state index in [0.29, 0.717) is 0 Å². The van der Waals surface area contributed by atoms with Gasteiger partial charge >= 0.3 is 0 Å². The molecule has 0 aromatic heterocycles. The molecule has 0 unspecified atom stereocenters. The predicted molar refractivity (Wildman–Crippen MR) is 26.7 cm³/mol. The summed E-state index contributed by atoms with van der Waals surface area (Å²) >= 11 is 0. The van der Waals surface area contributed by atoms with Crippen LogP contribution >= 0.6 is 0 Å². The first-order valence-electron chi connectivity index (χ1n) is 1.34. The normalized spacial score (nSPS) is 13.4. The van der Waals surface area contributed by atoms with Crippen molar-refractivity contribution in [1.82, 2.24) is 0 Å². The molecule has 0 aliphatic rings. The molecule has 7 heavy (non-hydrogen) atoms. The molecule has 0 bridgehead atoms. The Labute approximate surface area is 41.1 Å². The maximum absolute atomic E-state index is 9.68. The first kappa shape index (κ1) is 6.54. The number of nitrogens with one attached hydrogen (secondary N) is 1. The van der Waals surface area contributed by atoms with Gasteiger partial charge in [-0.1, -0.05) is 0 Å². The van der Waals surface area contributed by atoms with Gasteiger partial charge in [0.25, 0.3) is 0 Å². The first-order valence-corrected chi connectivity index (χ1v) is 2.96. The van der Waals surface area contributed by atoms with Crippen molar-refractivity contribution >= 4 is 15.7 Å². The molecule has 0 amide bonds. The monoisotopic (exact) mass is 126 g/mol. The number of nitrogens with two attached hydrogens (primary N) is 1. The van der Waals surface area contributed by atoms with Gasteiger partial charge in [0.2, 0.25) is 5.17 Å². The van der Waals surface area contributed by atoms with Gasteiger partial charge in [-0.15, -0.1) is 0 Å². The van der Waals surface area contributed by atoms with Gasteiger partial charge in [-0.25, -0.2) is 4.21 Å². The lowest BCUT2D eigenvalue weighted by molar-refractivity contribution is 0.440. The Morgan fingerprint density at radius 3 is 1.86 bits per heavy atom. The van der Waals surface area contributed by atoms with Gasteiger partial charge in [0, 0.05) is 0 Å². The number of thiol groups is 1. The van der Waals surface area contributed by atoms with Crippen LogP contribution in [0.15, 0.2) is 0 Å². The Morgan fingerprint density at radius 1 is 1.71 bits per heavy atom. The van der Waals surface area contributed by atoms with E-state index in [1.807, 2.05) is 0 Å². The highest BCUT2D eigenvalue weighted by Gasteiger charge is 2.04. The predicted octanol–water partition coefficient (Wildman–Crippen LogP) is -1.16. The van der Waals surface area contributed by atoms with Gasteiger partial charge < -0.3 is 14.8 Å². The summed E-state index contributed by atoms with van der Waals surface area (Å²) in [6, 6.07) is 0. The number of hydrogen-bond donors (Lipinski definition) is 5. The molecule has 0 aromatic rings. The van der Waals surface area contributed by atoms with Gasteiger partial charge in [0.05, 0.1) is 0 Å². The van der Waals surface area contributed by atoms with Crippen LogP contribution in [0, 0.1) is 5.41 Å². The number of amidine groups is 1. The minimum absolute atomic E-state index is 1.09. The van der Waals surface area contributed by atoms with Crippen LogP contribution in [0.5, 0.6) is 0 Å². The van der Waals surface area contributed by atoms with E-state index >= 15 is 0 Å². The third-order valence-corrected chi connectivity index (χ3v) is 0.941. The lowest BCUT2D eigenvalue weighted by Gasteiger charge is -2.04. The molecule has 0 aromatic carbocycles. The molecule has 0 spiro atoms. The maximum Gasteiger partial charge on any atom is 0.204 e. The molecular weight excluding hydrogens is 120 g/mol. The largest absolute Gasteiger partial charge is 0.375 e. The van der Waals surface area contributed by atoms with Crippen molar-refractivity contribution in [1.29, 1.82) is 5.41 Å². The van der Waals surface area contributed by atoms with Gasteiger partial charge in [-0.05, 0) is 0 Å². The lowest BCUT2D eigenvalue weighted by atomic mass is 11.4. The fourth-order valence-electron chi connectivity index (χ4n) is 0. The van der Waals surface area contributed by atoms with E-state index in [9.17, 15) is 4.21 Å². The molecule has 0 fully saturated rings. The second-order valence-electron chi connectivity index (χ2n) is 0.929. The van der Waals surface area contributed by atoms with Gasteiger partial charge in [-0.3, -0.25) is 5.41 Å². The van der Waals surface area contributed by atoms with E-state index in [1.54, 1.807) is 0 Å². The van der Waals surface area contributed by atoms with Crippen molar-refractivity contribution in [3.8, 4) is 0 Å². The Hall–Kier alpha value is -0.460. The third-order valence-electron chi connectivity index (χ3n) is 0.314. The second-order valence-corrected chi connectivity index (χ2v) is 2.50. The average Bonchev–Trinajstić information content (AvgIpc) is 1.31. The summed E-state index contributed by atoms with van der Waals surface area (Å²) in [6.07, 6.45) is 0. The van der Waals surface area contributed by atoms with E-state index in [2.05, 4.69) is 5.73 Å². The number of hydrogen-bond acceptors (Lipinski definition) is 2. The zero-order valence-corrected chi connectivity index (χ0v) is 4.22. The van der Waals surface area contributed by atoms with E-state index in [4.69, 9.17) is 14.5 Å². The molecule has 44 valence electrons. The minimum Gasteiger partial charge on any atom is -0.375 e. The van der Waals surface area contributed by atoms with E-state index in [-0.39, 0.29) is 0 Å². The highest BCUT2D eigenvalue weighted by atomic mass is 32.3. The van der Waals surface area contributed by atoms with Crippen LogP contribution < -0.4 is 5.73 Å². The standard InChI is InChI=1S/CH6N2O3S/c2-1(3)7(4,5)6/h7H,(H3,2,3)(H2,4,5,6). The Balaban J connectivity index is 4.09. The highest BCUT2D eigenvalue weighted by molar-refractivity contribution is 8.07.